The van der Waals surface area contributed by atoms with E-state index in [1.54, 1.807) is 13.0 Å². The van der Waals surface area contributed by atoms with E-state index in [0.717, 1.165) is 15.3 Å². The molecular formula is C16H13NO2S. The Morgan fingerprint density at radius 1 is 1.15 bits per heavy atom. The molecule has 0 bridgehead atoms. The van der Waals surface area contributed by atoms with E-state index in [2.05, 4.69) is 11.4 Å². The molecule has 2 amide bonds. The largest absolute Gasteiger partial charge is 0.288 e. The van der Waals surface area contributed by atoms with Crippen molar-refractivity contribution >= 4 is 28.7 Å². The van der Waals surface area contributed by atoms with Gasteiger partial charge in [0.2, 0.25) is 0 Å². The summed E-state index contributed by atoms with van der Waals surface area (Å²) in [5, 5.41) is 2.37. The zero-order valence-electron chi connectivity index (χ0n) is 11.2. The smallest absolute Gasteiger partial charge is 0.259 e. The molecule has 2 heterocycles. The summed E-state index contributed by atoms with van der Waals surface area (Å²) >= 11 is 1.49. The predicted molar refractivity (Wildman–Crippen MR) is 80.6 cm³/mol. The van der Waals surface area contributed by atoms with Gasteiger partial charge in [0.15, 0.2) is 0 Å². The summed E-state index contributed by atoms with van der Waals surface area (Å²) < 4.78 is 0. The maximum Gasteiger partial charge on any atom is 0.259 e. The molecule has 3 rings (SSSR count). The van der Waals surface area contributed by atoms with E-state index in [-0.39, 0.29) is 11.8 Å². The van der Waals surface area contributed by atoms with Crippen molar-refractivity contribution in [1.29, 1.82) is 0 Å². The van der Waals surface area contributed by atoms with Gasteiger partial charge >= 0.3 is 0 Å². The Labute approximate surface area is 120 Å². The number of carbonyl (C=O) groups is 2. The molecule has 1 aliphatic rings. The molecule has 1 aromatic carbocycles. The van der Waals surface area contributed by atoms with Gasteiger partial charge in [0.1, 0.15) is 0 Å². The third-order valence-electron chi connectivity index (χ3n) is 3.28. The number of allylic oxidation sites excluding steroid dienone is 1. The third kappa shape index (κ3) is 1.98. The Hall–Kier alpha value is -2.20. The standard InChI is InChI=1S/C16H13NO2S/c1-3-11-14-12(16(19)17-15(11)18)8-13(20-14)10-6-4-5-9(2)7-10/h3-8H,1-2H3,(H,17,18,19)/b11-3+. The van der Waals surface area contributed by atoms with Gasteiger partial charge in [0, 0.05) is 4.88 Å². The van der Waals surface area contributed by atoms with E-state index in [9.17, 15) is 9.59 Å². The summed E-state index contributed by atoms with van der Waals surface area (Å²) in [5.74, 6) is -0.631. The second-order valence-corrected chi connectivity index (χ2v) is 5.76. The van der Waals surface area contributed by atoms with Gasteiger partial charge in [0.05, 0.1) is 16.0 Å². The molecule has 0 saturated carbocycles. The Bertz CT molecular complexity index is 756. The number of hydrogen-bond acceptors (Lipinski definition) is 3. The van der Waals surface area contributed by atoms with Crippen molar-refractivity contribution in [3.8, 4) is 10.4 Å². The molecule has 20 heavy (non-hydrogen) atoms. The monoisotopic (exact) mass is 283 g/mol. The normalized spacial score (nSPS) is 16.2. The number of thiophene rings is 1. The first-order chi connectivity index (χ1) is 9.60. The van der Waals surface area contributed by atoms with E-state index >= 15 is 0 Å². The van der Waals surface area contributed by atoms with Crippen LogP contribution in [-0.2, 0) is 4.79 Å². The molecule has 0 atom stereocenters. The first-order valence-corrected chi connectivity index (χ1v) is 7.15. The number of carbonyl (C=O) groups excluding carboxylic acids is 2. The number of aryl methyl sites for hydroxylation is 1. The van der Waals surface area contributed by atoms with Crippen LogP contribution in [0.1, 0.15) is 27.7 Å². The second-order valence-electron chi connectivity index (χ2n) is 4.71. The van der Waals surface area contributed by atoms with Gasteiger partial charge in [-0.15, -0.1) is 11.3 Å². The lowest BCUT2D eigenvalue weighted by molar-refractivity contribution is -0.114. The van der Waals surface area contributed by atoms with E-state index < -0.39 is 0 Å². The maximum atomic E-state index is 11.9. The Morgan fingerprint density at radius 3 is 2.65 bits per heavy atom. The Balaban J connectivity index is 2.17. The molecule has 1 N–H and O–H groups in total. The fourth-order valence-corrected chi connectivity index (χ4v) is 3.53. The van der Waals surface area contributed by atoms with Crippen LogP contribution in [0.2, 0.25) is 0 Å². The van der Waals surface area contributed by atoms with Crippen LogP contribution in [0.25, 0.3) is 16.0 Å². The molecule has 2 aromatic rings. The number of imide groups is 1. The van der Waals surface area contributed by atoms with Crippen molar-refractivity contribution < 1.29 is 9.59 Å². The minimum Gasteiger partial charge on any atom is -0.288 e. The topological polar surface area (TPSA) is 46.2 Å². The molecular weight excluding hydrogens is 270 g/mol. The quantitative estimate of drug-likeness (QED) is 0.644. The van der Waals surface area contributed by atoms with Gasteiger partial charge in [-0.05, 0) is 25.5 Å². The molecule has 100 valence electrons. The lowest BCUT2D eigenvalue weighted by Crippen LogP contribution is -2.35. The van der Waals surface area contributed by atoms with Gasteiger partial charge in [0.25, 0.3) is 11.8 Å². The van der Waals surface area contributed by atoms with Gasteiger partial charge in [-0.25, -0.2) is 0 Å². The highest BCUT2D eigenvalue weighted by Gasteiger charge is 2.29. The lowest BCUT2D eigenvalue weighted by atomic mass is 10.0. The molecule has 3 nitrogen and oxygen atoms in total. The highest BCUT2D eigenvalue weighted by Crippen LogP contribution is 2.37. The van der Waals surface area contributed by atoms with Crippen LogP contribution in [0.3, 0.4) is 0 Å². The van der Waals surface area contributed by atoms with Crippen molar-refractivity contribution in [1.82, 2.24) is 5.32 Å². The van der Waals surface area contributed by atoms with E-state index in [0.29, 0.717) is 11.1 Å². The second kappa shape index (κ2) is 4.72. The molecule has 4 heteroatoms. The van der Waals surface area contributed by atoms with Crippen molar-refractivity contribution in [2.45, 2.75) is 13.8 Å². The van der Waals surface area contributed by atoms with Crippen LogP contribution < -0.4 is 5.32 Å². The average molecular weight is 283 g/mol. The molecule has 0 fully saturated rings. The molecule has 1 aliphatic heterocycles. The summed E-state index contributed by atoms with van der Waals surface area (Å²) in [4.78, 5) is 25.5. The van der Waals surface area contributed by atoms with Gasteiger partial charge in [-0.3, -0.25) is 14.9 Å². The number of rotatable bonds is 1. The van der Waals surface area contributed by atoms with Gasteiger partial charge in [-0.2, -0.15) is 0 Å². The summed E-state index contributed by atoms with van der Waals surface area (Å²) in [6, 6.07) is 9.97. The van der Waals surface area contributed by atoms with E-state index in [1.165, 1.54) is 16.9 Å². The van der Waals surface area contributed by atoms with Crippen molar-refractivity contribution in [3.05, 3.63) is 52.4 Å². The highest BCUT2D eigenvalue weighted by molar-refractivity contribution is 7.17. The molecule has 0 unspecified atom stereocenters. The van der Waals surface area contributed by atoms with Crippen LogP contribution in [-0.4, -0.2) is 11.8 Å². The van der Waals surface area contributed by atoms with Crippen LogP contribution in [0.15, 0.2) is 36.4 Å². The van der Waals surface area contributed by atoms with Crippen LogP contribution >= 0.6 is 11.3 Å². The van der Waals surface area contributed by atoms with Crippen molar-refractivity contribution in [3.63, 3.8) is 0 Å². The van der Waals surface area contributed by atoms with Crippen molar-refractivity contribution in [2.24, 2.45) is 0 Å². The SMILES string of the molecule is C/C=C1/C(=O)NC(=O)c2cc(-c3cccc(C)c3)sc21. The van der Waals surface area contributed by atoms with Crippen molar-refractivity contribution in [2.75, 3.05) is 0 Å². The van der Waals surface area contributed by atoms with Gasteiger partial charge in [-0.1, -0.05) is 35.9 Å². The lowest BCUT2D eigenvalue weighted by Gasteiger charge is -2.13. The fourth-order valence-electron chi connectivity index (χ4n) is 2.30. The molecule has 0 spiro atoms. The van der Waals surface area contributed by atoms with Gasteiger partial charge < -0.3 is 0 Å². The third-order valence-corrected chi connectivity index (χ3v) is 4.50. The van der Waals surface area contributed by atoms with Crippen LogP contribution in [0.5, 0.6) is 0 Å². The average Bonchev–Trinajstić information content (AvgIpc) is 2.84. The molecule has 1 aromatic heterocycles. The van der Waals surface area contributed by atoms with E-state index in [4.69, 9.17) is 0 Å². The zero-order chi connectivity index (χ0) is 14.3. The highest BCUT2D eigenvalue weighted by atomic mass is 32.1. The minimum absolute atomic E-state index is 0.314. The minimum atomic E-state index is -0.317. The molecule has 0 saturated heterocycles. The maximum absolute atomic E-state index is 11.9. The summed E-state index contributed by atoms with van der Waals surface area (Å²) in [6.07, 6.45) is 1.75. The summed E-state index contributed by atoms with van der Waals surface area (Å²) in [6.45, 7) is 3.84. The first-order valence-electron chi connectivity index (χ1n) is 6.33. The predicted octanol–water partition coefficient (Wildman–Crippen LogP) is 3.40. The summed E-state index contributed by atoms with van der Waals surface area (Å²) in [7, 11) is 0. The molecule has 0 radical (unpaired) electrons. The van der Waals surface area contributed by atoms with Crippen LogP contribution in [0, 0.1) is 6.92 Å². The number of hydrogen-bond donors (Lipinski definition) is 1. The number of amides is 2. The zero-order valence-corrected chi connectivity index (χ0v) is 12.0. The van der Waals surface area contributed by atoms with E-state index in [1.807, 2.05) is 31.2 Å². The Kier molecular flexibility index (Phi) is 3.03. The number of nitrogens with one attached hydrogen (secondary N) is 1. The molecule has 0 aliphatic carbocycles. The Morgan fingerprint density at radius 2 is 1.95 bits per heavy atom. The number of benzene rings is 1. The fraction of sp³-hybridized carbons (Fsp3) is 0.125. The number of fused-ring (bicyclic) bond motifs is 1. The summed E-state index contributed by atoms with van der Waals surface area (Å²) in [5.41, 5.74) is 3.39. The van der Waals surface area contributed by atoms with Crippen LogP contribution in [0.4, 0.5) is 0 Å². The first kappa shape index (κ1) is 12.8.